The Kier molecular flexibility index (Phi) is 3.53. The van der Waals surface area contributed by atoms with E-state index in [9.17, 15) is 4.79 Å². The molecule has 1 saturated carbocycles. The van der Waals surface area contributed by atoms with Crippen LogP contribution in [0, 0.1) is 0 Å². The average Bonchev–Trinajstić information content (AvgIpc) is 3.28. The highest BCUT2D eigenvalue weighted by Crippen LogP contribution is 2.33. The number of fused-ring (bicyclic) bond motifs is 1. The fourth-order valence-electron chi connectivity index (χ4n) is 2.42. The van der Waals surface area contributed by atoms with Gasteiger partial charge in [0.05, 0.1) is 6.04 Å². The third-order valence-electron chi connectivity index (χ3n) is 3.62. The predicted octanol–water partition coefficient (Wildman–Crippen LogP) is 1.30. The molecule has 1 fully saturated rings. The molecule has 20 heavy (non-hydrogen) atoms. The molecule has 1 unspecified atom stereocenters. The number of hydrogen-bond acceptors (Lipinski definition) is 4. The first-order valence-corrected chi connectivity index (χ1v) is 7.10. The van der Waals surface area contributed by atoms with Crippen LogP contribution >= 0.6 is 0 Å². The SMILES string of the molecule is CC(N)C(=O)N(Cc1ccc2c(c1)OCCO2)C1CC1. The largest absolute Gasteiger partial charge is 0.486 e. The Morgan fingerprint density at radius 2 is 2.05 bits per heavy atom. The highest BCUT2D eigenvalue weighted by Gasteiger charge is 2.33. The maximum Gasteiger partial charge on any atom is 0.239 e. The lowest BCUT2D eigenvalue weighted by molar-refractivity contribution is -0.133. The van der Waals surface area contributed by atoms with E-state index < -0.39 is 6.04 Å². The smallest absolute Gasteiger partial charge is 0.239 e. The number of carbonyl (C=O) groups excluding carboxylic acids is 1. The predicted molar refractivity (Wildman–Crippen MR) is 74.7 cm³/mol. The molecule has 5 heteroatoms. The van der Waals surface area contributed by atoms with E-state index in [-0.39, 0.29) is 5.91 Å². The van der Waals surface area contributed by atoms with Gasteiger partial charge in [-0.2, -0.15) is 0 Å². The van der Waals surface area contributed by atoms with E-state index in [0.29, 0.717) is 25.8 Å². The standard InChI is InChI=1S/C15H20N2O3/c1-10(16)15(18)17(12-3-4-12)9-11-2-5-13-14(8-11)20-7-6-19-13/h2,5,8,10,12H,3-4,6-7,9,16H2,1H3. The van der Waals surface area contributed by atoms with Gasteiger partial charge in [-0.25, -0.2) is 0 Å². The van der Waals surface area contributed by atoms with Crippen LogP contribution in [-0.2, 0) is 11.3 Å². The molecule has 0 spiro atoms. The summed E-state index contributed by atoms with van der Waals surface area (Å²) in [6, 6.07) is 5.75. The molecule has 2 N–H and O–H groups in total. The van der Waals surface area contributed by atoms with Crippen molar-refractivity contribution in [3.05, 3.63) is 23.8 Å². The van der Waals surface area contributed by atoms with Gasteiger partial charge in [0, 0.05) is 12.6 Å². The second-order valence-corrected chi connectivity index (χ2v) is 5.46. The van der Waals surface area contributed by atoms with Gasteiger partial charge in [-0.1, -0.05) is 6.07 Å². The topological polar surface area (TPSA) is 64.8 Å². The van der Waals surface area contributed by atoms with Gasteiger partial charge in [-0.3, -0.25) is 4.79 Å². The van der Waals surface area contributed by atoms with Gasteiger partial charge in [0.25, 0.3) is 0 Å². The van der Waals surface area contributed by atoms with Gasteiger partial charge in [-0.15, -0.1) is 0 Å². The second kappa shape index (κ2) is 5.32. The molecule has 1 amide bonds. The van der Waals surface area contributed by atoms with Crippen molar-refractivity contribution < 1.29 is 14.3 Å². The molecule has 1 aromatic carbocycles. The lowest BCUT2D eigenvalue weighted by Crippen LogP contribution is -2.42. The number of amides is 1. The first-order chi connectivity index (χ1) is 9.65. The molecule has 1 atom stereocenters. The number of ether oxygens (including phenoxy) is 2. The number of nitrogens with zero attached hydrogens (tertiary/aromatic N) is 1. The van der Waals surface area contributed by atoms with E-state index in [1.165, 1.54) is 0 Å². The number of benzene rings is 1. The molecular formula is C15H20N2O3. The van der Waals surface area contributed by atoms with Crippen LogP contribution in [0.1, 0.15) is 25.3 Å². The maximum absolute atomic E-state index is 12.2. The van der Waals surface area contributed by atoms with Crippen LogP contribution in [0.2, 0.25) is 0 Å². The van der Waals surface area contributed by atoms with Crippen molar-refractivity contribution in [3.8, 4) is 11.5 Å². The third-order valence-corrected chi connectivity index (χ3v) is 3.62. The zero-order chi connectivity index (χ0) is 14.1. The Labute approximate surface area is 118 Å². The van der Waals surface area contributed by atoms with Crippen molar-refractivity contribution in [1.82, 2.24) is 4.90 Å². The van der Waals surface area contributed by atoms with Gasteiger partial charge >= 0.3 is 0 Å². The van der Waals surface area contributed by atoms with Crippen molar-refractivity contribution in [2.75, 3.05) is 13.2 Å². The highest BCUT2D eigenvalue weighted by atomic mass is 16.6. The zero-order valence-corrected chi connectivity index (χ0v) is 11.7. The first kappa shape index (κ1) is 13.2. The van der Waals surface area contributed by atoms with Gasteiger partial charge in [-0.05, 0) is 37.5 Å². The minimum atomic E-state index is -0.451. The van der Waals surface area contributed by atoms with E-state index in [4.69, 9.17) is 15.2 Å². The summed E-state index contributed by atoms with van der Waals surface area (Å²) in [5.74, 6) is 1.55. The highest BCUT2D eigenvalue weighted by molar-refractivity contribution is 5.81. The van der Waals surface area contributed by atoms with E-state index in [1.807, 2.05) is 23.1 Å². The Bertz CT molecular complexity index is 512. The van der Waals surface area contributed by atoms with E-state index in [0.717, 1.165) is 29.9 Å². The summed E-state index contributed by atoms with van der Waals surface area (Å²) < 4.78 is 11.1. The Balaban J connectivity index is 1.76. The number of hydrogen-bond donors (Lipinski definition) is 1. The molecular weight excluding hydrogens is 256 g/mol. The molecule has 1 heterocycles. The molecule has 2 aliphatic rings. The minimum absolute atomic E-state index is 0.0161. The average molecular weight is 276 g/mol. The lowest BCUT2D eigenvalue weighted by atomic mass is 10.1. The first-order valence-electron chi connectivity index (χ1n) is 7.10. The van der Waals surface area contributed by atoms with E-state index in [2.05, 4.69) is 0 Å². The number of carbonyl (C=O) groups is 1. The van der Waals surface area contributed by atoms with Gasteiger partial charge in [0.1, 0.15) is 13.2 Å². The summed E-state index contributed by atoms with van der Waals surface area (Å²) in [6.07, 6.45) is 2.14. The van der Waals surface area contributed by atoms with Gasteiger partial charge in [0.15, 0.2) is 11.5 Å². The summed E-state index contributed by atoms with van der Waals surface area (Å²) >= 11 is 0. The second-order valence-electron chi connectivity index (χ2n) is 5.46. The zero-order valence-electron chi connectivity index (χ0n) is 11.7. The Morgan fingerprint density at radius 1 is 1.35 bits per heavy atom. The normalized spacial score (nSPS) is 18.5. The quantitative estimate of drug-likeness (QED) is 0.900. The summed E-state index contributed by atoms with van der Waals surface area (Å²) in [5.41, 5.74) is 6.78. The molecule has 0 saturated heterocycles. The molecule has 1 aliphatic heterocycles. The number of nitrogens with two attached hydrogens (primary N) is 1. The van der Waals surface area contributed by atoms with Crippen molar-refractivity contribution in [2.24, 2.45) is 5.73 Å². The molecule has 3 rings (SSSR count). The Hall–Kier alpha value is -1.75. The van der Waals surface area contributed by atoms with Crippen LogP contribution < -0.4 is 15.2 Å². The maximum atomic E-state index is 12.2. The van der Waals surface area contributed by atoms with E-state index in [1.54, 1.807) is 6.92 Å². The lowest BCUT2D eigenvalue weighted by Gasteiger charge is -2.25. The van der Waals surface area contributed by atoms with Crippen LogP contribution in [0.3, 0.4) is 0 Å². The molecule has 0 bridgehead atoms. The molecule has 108 valence electrons. The Morgan fingerprint density at radius 3 is 2.70 bits per heavy atom. The molecule has 5 nitrogen and oxygen atoms in total. The molecule has 1 aliphatic carbocycles. The van der Waals surface area contributed by atoms with E-state index >= 15 is 0 Å². The molecule has 0 radical (unpaired) electrons. The van der Waals surface area contributed by atoms with Crippen molar-refractivity contribution in [3.63, 3.8) is 0 Å². The minimum Gasteiger partial charge on any atom is -0.486 e. The van der Waals surface area contributed by atoms with Crippen molar-refractivity contribution in [2.45, 2.75) is 38.4 Å². The van der Waals surface area contributed by atoms with Crippen molar-refractivity contribution in [1.29, 1.82) is 0 Å². The summed E-state index contributed by atoms with van der Waals surface area (Å²) in [4.78, 5) is 14.0. The fraction of sp³-hybridized carbons (Fsp3) is 0.533. The third kappa shape index (κ3) is 2.72. The van der Waals surface area contributed by atoms with Crippen molar-refractivity contribution >= 4 is 5.91 Å². The molecule has 0 aromatic heterocycles. The fourth-order valence-corrected chi connectivity index (χ4v) is 2.42. The summed E-state index contributed by atoms with van der Waals surface area (Å²) in [7, 11) is 0. The molecule has 1 aromatic rings. The van der Waals surface area contributed by atoms with Crippen LogP contribution in [0.5, 0.6) is 11.5 Å². The van der Waals surface area contributed by atoms with Crippen LogP contribution in [0.25, 0.3) is 0 Å². The van der Waals surface area contributed by atoms with Crippen LogP contribution in [0.15, 0.2) is 18.2 Å². The van der Waals surface area contributed by atoms with Gasteiger partial charge < -0.3 is 20.1 Å². The summed E-state index contributed by atoms with van der Waals surface area (Å²) in [5, 5.41) is 0. The van der Waals surface area contributed by atoms with Crippen LogP contribution in [-0.4, -0.2) is 36.1 Å². The van der Waals surface area contributed by atoms with Crippen LogP contribution in [0.4, 0.5) is 0 Å². The summed E-state index contributed by atoms with van der Waals surface area (Å²) in [6.45, 7) is 3.48. The van der Waals surface area contributed by atoms with Gasteiger partial charge in [0.2, 0.25) is 5.91 Å². The monoisotopic (exact) mass is 276 g/mol. The number of rotatable bonds is 4.